The zero-order valence-corrected chi connectivity index (χ0v) is 16.3. The van der Waals surface area contributed by atoms with Crippen LogP contribution >= 0.6 is 23.2 Å². The first-order chi connectivity index (χ1) is 13.6. The molecular formula is C16H12Cl2F6N4O2. The minimum Gasteiger partial charge on any atom is -0.376 e. The smallest absolute Gasteiger partial charge is 0.376 e. The Morgan fingerprint density at radius 2 is 1.57 bits per heavy atom. The van der Waals surface area contributed by atoms with E-state index >= 15 is 0 Å². The summed E-state index contributed by atoms with van der Waals surface area (Å²) < 4.78 is 76.1. The van der Waals surface area contributed by atoms with Crippen LogP contribution in [-0.4, -0.2) is 27.3 Å². The first-order valence-electron chi connectivity index (χ1n) is 7.84. The van der Waals surface area contributed by atoms with Gasteiger partial charge in [-0.25, -0.2) is 14.8 Å². The Bertz CT molecular complexity index is 910. The molecule has 0 spiro atoms. The largest absolute Gasteiger partial charge is 0.451 e. The molecule has 0 saturated carbocycles. The van der Waals surface area contributed by atoms with Crippen LogP contribution in [0.4, 0.5) is 36.8 Å². The average molecular weight is 477 g/mol. The molecule has 1 aromatic carbocycles. The molecule has 0 fully saturated rings. The van der Waals surface area contributed by atoms with Crippen molar-refractivity contribution >= 4 is 34.9 Å². The molecule has 1 aromatic heterocycles. The van der Waals surface area contributed by atoms with Crippen molar-refractivity contribution in [3.8, 4) is 0 Å². The van der Waals surface area contributed by atoms with Gasteiger partial charge in [0.2, 0.25) is 5.82 Å². The monoisotopic (exact) mass is 476 g/mol. The molecule has 6 nitrogen and oxygen atoms in total. The predicted molar refractivity (Wildman–Crippen MR) is 95.0 cm³/mol. The third-order valence-electron chi connectivity index (χ3n) is 3.81. The number of halogens is 8. The van der Waals surface area contributed by atoms with E-state index in [1.54, 1.807) is 0 Å². The van der Waals surface area contributed by atoms with E-state index < -0.39 is 35.4 Å². The standard InChI is InChI=1S/C16H12Cl2F6N4O2/c1-14(30,16(22,23)24)8-2-9(17)11(10(18)3-8)28-13(29)27-6-7-4-25-12(26-5-7)15(19,20)21/h2-5,30H,6H2,1H3,(H2,27,28,29)/t14-/m1/s1. The highest BCUT2D eigenvalue weighted by molar-refractivity contribution is 6.39. The van der Waals surface area contributed by atoms with E-state index in [2.05, 4.69) is 20.6 Å². The van der Waals surface area contributed by atoms with Gasteiger partial charge in [0, 0.05) is 24.5 Å². The molecule has 3 N–H and O–H groups in total. The second-order valence-electron chi connectivity index (χ2n) is 6.11. The Morgan fingerprint density at radius 1 is 1.07 bits per heavy atom. The molecule has 0 aliphatic heterocycles. The topological polar surface area (TPSA) is 87.1 Å². The molecule has 0 aliphatic carbocycles. The summed E-state index contributed by atoms with van der Waals surface area (Å²) in [6.07, 6.45) is -7.98. The second kappa shape index (κ2) is 8.44. The number of anilines is 1. The van der Waals surface area contributed by atoms with Gasteiger partial charge in [0.1, 0.15) is 0 Å². The Balaban J connectivity index is 2.08. The van der Waals surface area contributed by atoms with E-state index in [0.717, 1.165) is 24.5 Å². The lowest BCUT2D eigenvalue weighted by molar-refractivity contribution is -0.258. The summed E-state index contributed by atoms with van der Waals surface area (Å²) in [5, 5.41) is 13.4. The van der Waals surface area contributed by atoms with Crippen molar-refractivity contribution in [3.05, 3.63) is 51.5 Å². The molecule has 164 valence electrons. The maximum Gasteiger partial charge on any atom is 0.451 e. The maximum atomic E-state index is 13.0. The van der Waals surface area contributed by atoms with Gasteiger partial charge in [-0.3, -0.25) is 0 Å². The number of rotatable bonds is 4. The van der Waals surface area contributed by atoms with Gasteiger partial charge in [-0.1, -0.05) is 23.2 Å². The second-order valence-corrected chi connectivity index (χ2v) is 6.92. The summed E-state index contributed by atoms with van der Waals surface area (Å²) in [5.41, 5.74) is -3.96. The highest BCUT2D eigenvalue weighted by atomic mass is 35.5. The molecule has 30 heavy (non-hydrogen) atoms. The molecule has 14 heteroatoms. The fourth-order valence-electron chi connectivity index (χ4n) is 2.07. The third kappa shape index (κ3) is 5.43. The SMILES string of the molecule is C[C@@](O)(c1cc(Cl)c(NC(=O)NCc2cnc(C(F)(F)F)nc2)c(Cl)c1)C(F)(F)F. The summed E-state index contributed by atoms with van der Waals surface area (Å²) in [5.74, 6) is -1.34. The predicted octanol–water partition coefficient (Wildman–Crippen LogP) is 4.89. The molecule has 0 radical (unpaired) electrons. The van der Waals surface area contributed by atoms with Crippen molar-refractivity contribution in [1.82, 2.24) is 15.3 Å². The molecule has 0 bridgehead atoms. The Morgan fingerprint density at radius 3 is 2.00 bits per heavy atom. The number of hydrogen-bond donors (Lipinski definition) is 3. The summed E-state index contributed by atoms with van der Waals surface area (Å²) in [7, 11) is 0. The van der Waals surface area contributed by atoms with E-state index in [1.165, 1.54) is 0 Å². The van der Waals surface area contributed by atoms with Crippen LogP contribution in [0.25, 0.3) is 0 Å². The lowest BCUT2D eigenvalue weighted by atomic mass is 9.95. The Labute approximate surface area is 175 Å². The number of carbonyl (C=O) groups excluding carboxylic acids is 1. The van der Waals surface area contributed by atoms with Gasteiger partial charge in [-0.2, -0.15) is 26.3 Å². The van der Waals surface area contributed by atoms with E-state index in [-0.39, 0.29) is 27.8 Å². The number of urea groups is 1. The van der Waals surface area contributed by atoms with Crippen molar-refractivity contribution < 1.29 is 36.2 Å². The van der Waals surface area contributed by atoms with Gasteiger partial charge in [-0.15, -0.1) is 0 Å². The Kier molecular flexibility index (Phi) is 6.74. The van der Waals surface area contributed by atoms with Crippen molar-refractivity contribution in [1.29, 1.82) is 0 Å². The van der Waals surface area contributed by atoms with Crippen LogP contribution in [0.5, 0.6) is 0 Å². The van der Waals surface area contributed by atoms with Gasteiger partial charge in [-0.05, 0) is 24.6 Å². The minimum absolute atomic E-state index is 0.145. The number of nitrogens with zero attached hydrogens (tertiary/aromatic N) is 2. The van der Waals surface area contributed by atoms with Crippen LogP contribution in [0, 0.1) is 0 Å². The molecule has 2 rings (SSSR count). The molecule has 0 unspecified atom stereocenters. The van der Waals surface area contributed by atoms with Crippen LogP contribution in [-0.2, 0) is 18.3 Å². The molecule has 0 aliphatic rings. The molecule has 2 aromatic rings. The zero-order valence-electron chi connectivity index (χ0n) is 14.8. The number of amides is 2. The van der Waals surface area contributed by atoms with Crippen molar-refractivity contribution in [2.45, 2.75) is 31.4 Å². The van der Waals surface area contributed by atoms with Gasteiger partial charge in [0.05, 0.1) is 15.7 Å². The molecule has 1 atom stereocenters. The lowest BCUT2D eigenvalue weighted by Crippen LogP contribution is -2.39. The number of benzene rings is 1. The number of aliphatic hydroxyl groups is 1. The Hall–Kier alpha value is -2.31. The number of hydrogen-bond acceptors (Lipinski definition) is 4. The number of nitrogens with one attached hydrogen (secondary N) is 2. The van der Waals surface area contributed by atoms with Crippen molar-refractivity contribution in [2.75, 3.05) is 5.32 Å². The highest BCUT2D eigenvalue weighted by Gasteiger charge is 2.51. The van der Waals surface area contributed by atoms with Crippen LogP contribution in [0.15, 0.2) is 24.5 Å². The van der Waals surface area contributed by atoms with Gasteiger partial charge in [0.15, 0.2) is 5.60 Å². The number of aromatic nitrogens is 2. The average Bonchev–Trinajstić information content (AvgIpc) is 2.61. The molecule has 0 saturated heterocycles. The van der Waals surface area contributed by atoms with Crippen LogP contribution in [0.2, 0.25) is 10.0 Å². The maximum absolute atomic E-state index is 13.0. The molecule has 2 amide bonds. The summed E-state index contributed by atoms with van der Waals surface area (Å²) >= 11 is 11.8. The van der Waals surface area contributed by atoms with Gasteiger partial charge in [0.25, 0.3) is 0 Å². The van der Waals surface area contributed by atoms with Crippen LogP contribution in [0.1, 0.15) is 23.9 Å². The van der Waals surface area contributed by atoms with Gasteiger partial charge < -0.3 is 15.7 Å². The molecule has 1 heterocycles. The first-order valence-corrected chi connectivity index (χ1v) is 8.60. The first kappa shape index (κ1) is 24.0. The van der Waals surface area contributed by atoms with Gasteiger partial charge >= 0.3 is 18.4 Å². The van der Waals surface area contributed by atoms with E-state index in [4.69, 9.17) is 23.2 Å². The quantitative estimate of drug-likeness (QED) is 0.548. The van der Waals surface area contributed by atoms with Crippen molar-refractivity contribution in [2.24, 2.45) is 0 Å². The number of alkyl halides is 6. The van der Waals surface area contributed by atoms with Crippen LogP contribution in [0.3, 0.4) is 0 Å². The summed E-state index contributed by atoms with van der Waals surface area (Å²) in [6.45, 7) is 0.251. The highest BCUT2D eigenvalue weighted by Crippen LogP contribution is 2.42. The van der Waals surface area contributed by atoms with E-state index in [0.29, 0.717) is 6.92 Å². The number of carbonyl (C=O) groups is 1. The van der Waals surface area contributed by atoms with Crippen molar-refractivity contribution in [3.63, 3.8) is 0 Å². The fourth-order valence-corrected chi connectivity index (χ4v) is 2.65. The minimum atomic E-state index is -5.00. The summed E-state index contributed by atoms with van der Waals surface area (Å²) in [4.78, 5) is 18.2. The zero-order chi connectivity index (χ0) is 22.9. The van der Waals surface area contributed by atoms with E-state index in [1.807, 2.05) is 0 Å². The van der Waals surface area contributed by atoms with Crippen LogP contribution < -0.4 is 10.6 Å². The third-order valence-corrected chi connectivity index (χ3v) is 4.40. The normalized spacial score (nSPS) is 14.2. The lowest BCUT2D eigenvalue weighted by Gasteiger charge is -2.27. The fraction of sp³-hybridized carbons (Fsp3) is 0.312. The molecular weight excluding hydrogens is 465 g/mol. The summed E-state index contributed by atoms with van der Waals surface area (Å²) in [6, 6.07) is 0.676. The van der Waals surface area contributed by atoms with E-state index in [9.17, 15) is 36.2 Å².